The number of nitrogens with one attached hydrogen (secondary N) is 2. The number of aromatic nitrogens is 2. The monoisotopic (exact) mass is 321 g/mol. The molecule has 2 aromatic rings. The topological polar surface area (TPSA) is 75.3 Å². The maximum absolute atomic E-state index is 5.56. The fourth-order valence-corrected chi connectivity index (χ4v) is 2.60. The first kappa shape index (κ1) is 16.5. The third kappa shape index (κ3) is 4.56. The summed E-state index contributed by atoms with van der Waals surface area (Å²) in [5.74, 6) is 2.26. The van der Waals surface area contributed by atoms with Crippen molar-refractivity contribution < 1.29 is 4.42 Å². The first-order valence-electron chi connectivity index (χ1n) is 7.50. The Morgan fingerprint density at radius 1 is 1.27 bits per heavy atom. The third-order valence-electron chi connectivity index (χ3n) is 3.13. The van der Waals surface area contributed by atoms with Crippen molar-refractivity contribution in [3.05, 3.63) is 33.4 Å². The molecule has 0 aromatic carbocycles. The lowest BCUT2D eigenvalue weighted by Crippen LogP contribution is -2.36. The highest BCUT2D eigenvalue weighted by Gasteiger charge is 2.06. The molecule has 2 rings (SSSR count). The molecule has 0 bridgehead atoms. The zero-order valence-electron chi connectivity index (χ0n) is 13.6. The molecule has 0 unspecified atom stereocenters. The summed E-state index contributed by atoms with van der Waals surface area (Å²) < 4.78 is 5.56. The highest BCUT2D eigenvalue weighted by molar-refractivity contribution is 7.09. The second-order valence-corrected chi connectivity index (χ2v) is 5.83. The molecule has 0 saturated heterocycles. The molecule has 2 aromatic heterocycles. The van der Waals surface area contributed by atoms with Crippen molar-refractivity contribution in [2.45, 2.75) is 47.2 Å². The van der Waals surface area contributed by atoms with E-state index in [1.54, 1.807) is 11.3 Å². The molecule has 0 atom stereocenters. The Labute approximate surface area is 135 Å². The SMILES string of the molecule is CCNC(=NCc1csc(CC)n1)NCc1nc(C)c(C)o1. The van der Waals surface area contributed by atoms with Crippen LogP contribution in [0.2, 0.25) is 0 Å². The van der Waals surface area contributed by atoms with Crippen LogP contribution in [0.5, 0.6) is 0 Å². The summed E-state index contributed by atoms with van der Waals surface area (Å²) in [5, 5.41) is 9.65. The summed E-state index contributed by atoms with van der Waals surface area (Å²) in [6.07, 6.45) is 0.968. The standard InChI is InChI=1S/C15H23N5OS/c1-5-14-20-12(9-22-14)7-17-15(16-6-2)18-8-13-19-10(3)11(4)21-13/h9H,5-8H2,1-4H3,(H2,16,17,18). The quantitative estimate of drug-likeness (QED) is 0.632. The van der Waals surface area contributed by atoms with Crippen LogP contribution >= 0.6 is 11.3 Å². The molecule has 0 amide bonds. The van der Waals surface area contributed by atoms with Gasteiger partial charge in [-0.15, -0.1) is 11.3 Å². The van der Waals surface area contributed by atoms with Gasteiger partial charge in [-0.25, -0.2) is 15.0 Å². The van der Waals surface area contributed by atoms with Crippen LogP contribution in [-0.4, -0.2) is 22.5 Å². The van der Waals surface area contributed by atoms with Gasteiger partial charge in [0.05, 0.1) is 29.5 Å². The van der Waals surface area contributed by atoms with Gasteiger partial charge in [-0.3, -0.25) is 0 Å². The van der Waals surface area contributed by atoms with Gasteiger partial charge in [0.25, 0.3) is 0 Å². The number of oxazole rings is 1. The van der Waals surface area contributed by atoms with Crippen LogP contribution in [-0.2, 0) is 19.5 Å². The minimum absolute atomic E-state index is 0.512. The number of aliphatic imine (C=N–C) groups is 1. The van der Waals surface area contributed by atoms with E-state index in [0.29, 0.717) is 19.0 Å². The highest BCUT2D eigenvalue weighted by atomic mass is 32.1. The largest absolute Gasteiger partial charge is 0.444 e. The molecule has 0 aliphatic carbocycles. The summed E-state index contributed by atoms with van der Waals surface area (Å²) in [6.45, 7) is 9.88. The third-order valence-corrected chi connectivity index (χ3v) is 4.17. The van der Waals surface area contributed by atoms with Crippen molar-refractivity contribution in [1.82, 2.24) is 20.6 Å². The van der Waals surface area contributed by atoms with E-state index in [0.717, 1.165) is 41.1 Å². The Kier molecular flexibility index (Phi) is 5.94. The Morgan fingerprint density at radius 3 is 2.68 bits per heavy atom. The van der Waals surface area contributed by atoms with Gasteiger partial charge in [0.2, 0.25) is 5.89 Å². The fraction of sp³-hybridized carbons (Fsp3) is 0.533. The summed E-state index contributed by atoms with van der Waals surface area (Å²) >= 11 is 1.68. The first-order chi connectivity index (χ1) is 10.6. The average Bonchev–Trinajstić information content (AvgIpc) is 3.09. The number of aryl methyl sites for hydroxylation is 3. The van der Waals surface area contributed by atoms with E-state index in [-0.39, 0.29) is 0 Å². The smallest absolute Gasteiger partial charge is 0.214 e. The first-order valence-corrected chi connectivity index (χ1v) is 8.38. The van der Waals surface area contributed by atoms with Gasteiger partial charge in [-0.1, -0.05) is 6.92 Å². The molecule has 22 heavy (non-hydrogen) atoms. The molecule has 0 radical (unpaired) electrons. The lowest BCUT2D eigenvalue weighted by molar-refractivity contribution is 0.463. The predicted octanol–water partition coefficient (Wildman–Crippen LogP) is 2.57. The van der Waals surface area contributed by atoms with Gasteiger partial charge >= 0.3 is 0 Å². The summed E-state index contributed by atoms with van der Waals surface area (Å²) in [7, 11) is 0. The molecule has 0 spiro atoms. The molecule has 0 saturated carbocycles. The highest BCUT2D eigenvalue weighted by Crippen LogP contribution is 2.11. The van der Waals surface area contributed by atoms with Crippen LogP contribution in [0.15, 0.2) is 14.8 Å². The molecule has 0 fully saturated rings. The van der Waals surface area contributed by atoms with Crippen molar-refractivity contribution in [1.29, 1.82) is 0 Å². The zero-order chi connectivity index (χ0) is 15.9. The summed E-state index contributed by atoms with van der Waals surface area (Å²) in [5.41, 5.74) is 1.93. The predicted molar refractivity (Wildman–Crippen MR) is 89.1 cm³/mol. The van der Waals surface area contributed by atoms with Crippen molar-refractivity contribution >= 4 is 17.3 Å². The van der Waals surface area contributed by atoms with Crippen LogP contribution in [0.25, 0.3) is 0 Å². The number of nitrogens with zero attached hydrogens (tertiary/aromatic N) is 3. The van der Waals surface area contributed by atoms with Gasteiger partial charge in [0.1, 0.15) is 5.76 Å². The Bertz CT molecular complexity index is 612. The molecule has 7 heteroatoms. The molecular weight excluding hydrogens is 298 g/mol. The maximum atomic E-state index is 5.56. The van der Waals surface area contributed by atoms with E-state index in [4.69, 9.17) is 4.42 Å². The van der Waals surface area contributed by atoms with Crippen molar-refractivity contribution in [3.8, 4) is 0 Å². The second kappa shape index (κ2) is 7.93. The van der Waals surface area contributed by atoms with Crippen LogP contribution in [0.4, 0.5) is 0 Å². The van der Waals surface area contributed by atoms with Crippen LogP contribution in [0, 0.1) is 13.8 Å². The molecule has 0 aliphatic rings. The number of thiazole rings is 1. The number of hydrogen-bond acceptors (Lipinski definition) is 5. The van der Waals surface area contributed by atoms with Gasteiger partial charge < -0.3 is 15.1 Å². The minimum Gasteiger partial charge on any atom is -0.444 e. The van der Waals surface area contributed by atoms with Crippen LogP contribution in [0.3, 0.4) is 0 Å². The molecular formula is C15H23N5OS. The molecule has 120 valence electrons. The molecule has 0 aliphatic heterocycles. The van der Waals surface area contributed by atoms with Gasteiger partial charge in [0, 0.05) is 11.9 Å². The molecule has 2 heterocycles. The zero-order valence-corrected chi connectivity index (χ0v) is 14.4. The Hall–Kier alpha value is -1.89. The molecule has 2 N–H and O–H groups in total. The van der Waals surface area contributed by atoms with E-state index in [2.05, 4.69) is 37.9 Å². The maximum Gasteiger partial charge on any atom is 0.214 e. The van der Waals surface area contributed by atoms with E-state index in [1.165, 1.54) is 0 Å². The lowest BCUT2D eigenvalue weighted by atomic mass is 10.4. The minimum atomic E-state index is 0.512. The van der Waals surface area contributed by atoms with E-state index >= 15 is 0 Å². The van der Waals surface area contributed by atoms with Gasteiger partial charge in [-0.2, -0.15) is 0 Å². The van der Waals surface area contributed by atoms with Crippen molar-refractivity contribution in [2.24, 2.45) is 4.99 Å². The number of rotatable bonds is 6. The second-order valence-electron chi connectivity index (χ2n) is 4.88. The van der Waals surface area contributed by atoms with E-state index < -0.39 is 0 Å². The number of guanidine groups is 1. The Morgan fingerprint density at radius 2 is 2.09 bits per heavy atom. The van der Waals surface area contributed by atoms with E-state index in [1.807, 2.05) is 20.8 Å². The van der Waals surface area contributed by atoms with E-state index in [9.17, 15) is 0 Å². The Balaban J connectivity index is 1.94. The van der Waals surface area contributed by atoms with Crippen molar-refractivity contribution in [2.75, 3.05) is 6.54 Å². The van der Waals surface area contributed by atoms with Crippen LogP contribution in [0.1, 0.15) is 41.9 Å². The van der Waals surface area contributed by atoms with Gasteiger partial charge in [0.15, 0.2) is 5.96 Å². The summed E-state index contributed by atoms with van der Waals surface area (Å²) in [4.78, 5) is 13.4. The average molecular weight is 321 g/mol. The summed E-state index contributed by atoms with van der Waals surface area (Å²) in [6, 6.07) is 0. The van der Waals surface area contributed by atoms with Gasteiger partial charge in [-0.05, 0) is 27.2 Å². The molecule has 6 nitrogen and oxygen atoms in total. The van der Waals surface area contributed by atoms with Crippen molar-refractivity contribution in [3.63, 3.8) is 0 Å². The fourth-order valence-electron chi connectivity index (χ4n) is 1.86. The number of hydrogen-bond donors (Lipinski definition) is 2. The lowest BCUT2D eigenvalue weighted by Gasteiger charge is -2.09. The normalized spacial score (nSPS) is 11.7. The van der Waals surface area contributed by atoms with Crippen LogP contribution < -0.4 is 10.6 Å².